The molecule has 0 radical (unpaired) electrons. The summed E-state index contributed by atoms with van der Waals surface area (Å²) in [6.45, 7) is 4.74. The van der Waals surface area contributed by atoms with E-state index >= 15 is 0 Å². The number of aliphatic carboxylic acids is 1. The SMILES string of the molecule is CC/C=C\C/C=C\C/C=C\C/C=C\C/C=C\C/C=C\C/C=C\C/C=C\C/C=C\C/C=C\C/C=C\C/C=C\CCCCCCC(=O)OC(COC(=O)CCCCCCCCCCCCCCCCCCCCCC)COC(OCC[N+](C)(C)C)C(=O)O. The van der Waals surface area contributed by atoms with Gasteiger partial charge in [-0.05, 0) is 103 Å². The Labute approximate surface area is 528 Å². The summed E-state index contributed by atoms with van der Waals surface area (Å²) in [5, 5.41) is 9.73. The summed E-state index contributed by atoms with van der Waals surface area (Å²) in [6.07, 6.45) is 93.8. The van der Waals surface area contributed by atoms with E-state index in [0.717, 1.165) is 122 Å². The van der Waals surface area contributed by atoms with E-state index in [1.54, 1.807) is 0 Å². The monoisotopic (exact) mass is 1190 g/mol. The largest absolute Gasteiger partial charge is 0.477 e. The zero-order chi connectivity index (χ0) is 62.6. The average Bonchev–Trinajstić information content (AvgIpc) is 3.63. The Morgan fingerprint density at radius 3 is 0.988 bits per heavy atom. The number of unbranched alkanes of at least 4 members (excludes halogenated alkanes) is 23. The molecule has 488 valence electrons. The molecule has 86 heavy (non-hydrogen) atoms. The lowest BCUT2D eigenvalue weighted by Gasteiger charge is -2.25. The van der Waals surface area contributed by atoms with Crippen LogP contribution in [-0.2, 0) is 33.3 Å². The molecular weight excluding hydrogens is 1070 g/mol. The summed E-state index contributed by atoms with van der Waals surface area (Å²) in [7, 11) is 5.96. The first-order valence-electron chi connectivity index (χ1n) is 34.5. The van der Waals surface area contributed by atoms with E-state index < -0.39 is 24.3 Å². The zero-order valence-electron chi connectivity index (χ0n) is 55.7. The Morgan fingerprint density at radius 2 is 0.663 bits per heavy atom. The summed E-state index contributed by atoms with van der Waals surface area (Å²) in [5.74, 6) is -2.04. The second kappa shape index (κ2) is 66.1. The fraction of sp³-hybridized carbons (Fsp3) is 0.649. The van der Waals surface area contributed by atoms with Gasteiger partial charge in [0.1, 0.15) is 13.2 Å². The number of ether oxygens (including phenoxy) is 4. The van der Waals surface area contributed by atoms with Crippen LogP contribution in [0.1, 0.15) is 264 Å². The number of carbonyl (C=O) groups is 3. The number of esters is 2. The van der Waals surface area contributed by atoms with Crippen molar-refractivity contribution >= 4 is 17.9 Å². The second-order valence-electron chi connectivity index (χ2n) is 23.8. The van der Waals surface area contributed by atoms with Crippen LogP contribution in [0.2, 0.25) is 0 Å². The van der Waals surface area contributed by atoms with Crippen molar-refractivity contribution in [2.24, 2.45) is 0 Å². The van der Waals surface area contributed by atoms with Crippen molar-refractivity contribution in [2.75, 3.05) is 47.5 Å². The highest BCUT2D eigenvalue weighted by molar-refractivity contribution is 5.71. The molecule has 9 nitrogen and oxygen atoms in total. The molecule has 9 heteroatoms. The van der Waals surface area contributed by atoms with Gasteiger partial charge in [-0.15, -0.1) is 0 Å². The topological polar surface area (TPSA) is 108 Å². The lowest BCUT2D eigenvalue weighted by molar-refractivity contribution is -0.870. The molecule has 0 spiro atoms. The number of rotatable bonds is 62. The molecule has 0 bridgehead atoms. The summed E-state index contributed by atoms with van der Waals surface area (Å²) < 4.78 is 22.9. The van der Waals surface area contributed by atoms with Crippen molar-refractivity contribution in [1.29, 1.82) is 0 Å². The van der Waals surface area contributed by atoms with E-state index in [2.05, 4.69) is 160 Å². The number of carbonyl (C=O) groups excluding carboxylic acids is 2. The summed E-state index contributed by atoms with van der Waals surface area (Å²) in [4.78, 5) is 37.6. The Hall–Kier alpha value is -4.83. The van der Waals surface area contributed by atoms with Crippen molar-refractivity contribution in [3.05, 3.63) is 146 Å². The highest BCUT2D eigenvalue weighted by atomic mass is 16.7. The minimum Gasteiger partial charge on any atom is -0.477 e. The third kappa shape index (κ3) is 66.7. The molecular formula is C77H128NO8+. The van der Waals surface area contributed by atoms with E-state index in [4.69, 9.17) is 18.9 Å². The molecule has 0 rings (SSSR count). The van der Waals surface area contributed by atoms with Gasteiger partial charge in [-0.1, -0.05) is 295 Å². The van der Waals surface area contributed by atoms with Crippen LogP contribution < -0.4 is 0 Å². The normalized spacial score (nSPS) is 13.6. The molecule has 0 saturated heterocycles. The molecule has 0 heterocycles. The number of hydrogen-bond donors (Lipinski definition) is 1. The number of nitrogens with zero attached hydrogens (tertiary/aromatic N) is 1. The molecule has 0 aliphatic rings. The van der Waals surface area contributed by atoms with Crippen molar-refractivity contribution < 1.29 is 42.9 Å². The number of allylic oxidation sites excluding steroid dienone is 24. The zero-order valence-corrected chi connectivity index (χ0v) is 55.7. The lowest BCUT2D eigenvalue weighted by Crippen LogP contribution is -2.40. The Balaban J connectivity index is 4.23. The van der Waals surface area contributed by atoms with Crippen molar-refractivity contribution in [2.45, 2.75) is 277 Å². The van der Waals surface area contributed by atoms with Crippen LogP contribution >= 0.6 is 0 Å². The molecule has 0 aromatic carbocycles. The maximum atomic E-state index is 12.9. The molecule has 0 aliphatic heterocycles. The maximum absolute atomic E-state index is 12.9. The minimum absolute atomic E-state index is 0.177. The van der Waals surface area contributed by atoms with Crippen LogP contribution in [-0.4, -0.2) is 87.4 Å². The third-order valence-corrected chi connectivity index (χ3v) is 14.4. The van der Waals surface area contributed by atoms with Gasteiger partial charge in [-0.2, -0.15) is 0 Å². The maximum Gasteiger partial charge on any atom is 0.361 e. The van der Waals surface area contributed by atoms with Gasteiger partial charge in [-0.3, -0.25) is 9.59 Å². The van der Waals surface area contributed by atoms with Crippen LogP contribution in [0.4, 0.5) is 0 Å². The van der Waals surface area contributed by atoms with Crippen LogP contribution in [0.15, 0.2) is 146 Å². The number of quaternary nitrogens is 1. The summed E-state index contributed by atoms with van der Waals surface area (Å²) >= 11 is 0. The Kier molecular flexibility index (Phi) is 62.4. The molecule has 0 fully saturated rings. The molecule has 0 amide bonds. The van der Waals surface area contributed by atoms with E-state index in [0.29, 0.717) is 23.9 Å². The second-order valence-corrected chi connectivity index (χ2v) is 23.8. The average molecular weight is 1200 g/mol. The Morgan fingerprint density at radius 1 is 0.360 bits per heavy atom. The van der Waals surface area contributed by atoms with Crippen LogP contribution in [0.5, 0.6) is 0 Å². The van der Waals surface area contributed by atoms with Crippen LogP contribution in [0.3, 0.4) is 0 Å². The number of likely N-dealkylation sites (N-methyl/N-ethyl adjacent to an activating group) is 1. The van der Waals surface area contributed by atoms with Gasteiger partial charge in [0, 0.05) is 12.8 Å². The third-order valence-electron chi connectivity index (χ3n) is 14.4. The molecule has 0 aliphatic carbocycles. The van der Waals surface area contributed by atoms with Gasteiger partial charge < -0.3 is 28.5 Å². The molecule has 1 N–H and O–H groups in total. The number of carboxylic acid groups (broad SMARTS) is 1. The van der Waals surface area contributed by atoms with Gasteiger partial charge in [0.2, 0.25) is 0 Å². The smallest absolute Gasteiger partial charge is 0.361 e. The van der Waals surface area contributed by atoms with Crippen LogP contribution in [0.25, 0.3) is 0 Å². The van der Waals surface area contributed by atoms with Gasteiger partial charge in [-0.25, -0.2) is 4.79 Å². The van der Waals surface area contributed by atoms with E-state index in [1.807, 2.05) is 21.1 Å². The highest BCUT2D eigenvalue weighted by Crippen LogP contribution is 2.16. The van der Waals surface area contributed by atoms with Crippen molar-refractivity contribution in [1.82, 2.24) is 0 Å². The summed E-state index contributed by atoms with van der Waals surface area (Å²) in [5.41, 5.74) is 0. The number of carboxylic acids is 1. The minimum atomic E-state index is -1.53. The van der Waals surface area contributed by atoms with Gasteiger partial charge >= 0.3 is 17.9 Å². The first-order valence-corrected chi connectivity index (χ1v) is 34.5. The van der Waals surface area contributed by atoms with Crippen LogP contribution in [0, 0.1) is 0 Å². The van der Waals surface area contributed by atoms with Crippen molar-refractivity contribution in [3.8, 4) is 0 Å². The molecule has 2 atom stereocenters. The Bertz CT molecular complexity index is 1920. The quantitative estimate of drug-likeness (QED) is 0.0211. The van der Waals surface area contributed by atoms with E-state index in [1.165, 1.54) is 109 Å². The predicted octanol–water partition coefficient (Wildman–Crippen LogP) is 21.5. The first-order chi connectivity index (χ1) is 42.1. The van der Waals surface area contributed by atoms with Crippen molar-refractivity contribution in [3.63, 3.8) is 0 Å². The molecule has 2 unspecified atom stereocenters. The molecule has 0 aromatic heterocycles. The van der Waals surface area contributed by atoms with E-state index in [9.17, 15) is 19.5 Å². The standard InChI is InChI=1S/C77H127NO8/c1-6-8-10-12-14-16-18-20-22-24-26-28-29-30-31-32-33-34-35-36-37-38-39-40-41-42-43-44-45-46-47-48-50-52-54-56-58-60-62-64-66-68-75(80)86-73(72-85-77(76(81)82)83-70-69-78(3,4)5)71-84-74(79)67-65-63-61-59-57-55-53-51-49-27-25-23-21-19-17-15-13-11-9-7-2/h8,10,14,16,20,22,26,28,30-31,33-34,36-37,39-40,42-43,45-46,48,50,54,56,73,77H,6-7,9,11-13,15,17-19,21,23-25,27,29,32,35,38,41,44,47,49,51-53,55,57-72H2,1-5H3/p+1/b10-8-,16-14-,22-20-,28-26-,31-30-,34-33-,37-36-,40-39-,43-42-,46-45-,50-48-,56-54-. The fourth-order valence-corrected chi connectivity index (χ4v) is 9.11. The first kappa shape index (κ1) is 81.2. The van der Waals surface area contributed by atoms with Gasteiger partial charge in [0.05, 0.1) is 34.4 Å². The predicted molar refractivity (Wildman–Crippen MR) is 368 cm³/mol. The number of hydrogen-bond acceptors (Lipinski definition) is 7. The van der Waals surface area contributed by atoms with Gasteiger partial charge in [0.15, 0.2) is 6.10 Å². The fourth-order valence-electron chi connectivity index (χ4n) is 9.11. The molecule has 0 saturated carbocycles. The highest BCUT2D eigenvalue weighted by Gasteiger charge is 2.25. The van der Waals surface area contributed by atoms with Gasteiger partial charge in [0.25, 0.3) is 6.29 Å². The molecule has 0 aromatic rings. The van der Waals surface area contributed by atoms with E-state index in [-0.39, 0.29) is 32.2 Å². The summed E-state index contributed by atoms with van der Waals surface area (Å²) in [6, 6.07) is 0. The lowest BCUT2D eigenvalue weighted by atomic mass is 10.0.